The largest absolute Gasteiger partial charge is 0.341 e. The summed E-state index contributed by atoms with van der Waals surface area (Å²) in [7, 11) is -3.65. The molecular weight excluding hydrogens is 611 g/mol. The molecule has 6 rings (SSSR count). The van der Waals surface area contributed by atoms with Gasteiger partial charge in [-0.25, -0.2) is 18.4 Å². The lowest BCUT2D eigenvalue weighted by molar-refractivity contribution is -0.124. The Morgan fingerprint density at radius 1 is 0.851 bits per heavy atom. The van der Waals surface area contributed by atoms with Crippen LogP contribution in [0.3, 0.4) is 0 Å². The Morgan fingerprint density at radius 3 is 2.40 bits per heavy atom. The third-order valence-corrected chi connectivity index (χ3v) is 9.94. The highest BCUT2D eigenvalue weighted by Gasteiger charge is 2.26. The normalized spacial score (nSPS) is 17.0. The van der Waals surface area contributed by atoms with Gasteiger partial charge in [-0.1, -0.05) is 96.6 Å². The van der Waals surface area contributed by atoms with Gasteiger partial charge in [0.2, 0.25) is 0 Å². The topological polar surface area (TPSA) is 123 Å². The highest BCUT2D eigenvalue weighted by atomic mass is 32.2. The number of aromatic nitrogens is 1. The molecule has 1 N–H and O–H groups in total. The molecule has 9 heteroatoms. The fourth-order valence-electron chi connectivity index (χ4n) is 5.87. The first-order valence-electron chi connectivity index (χ1n) is 15.5. The number of ketones is 1. The van der Waals surface area contributed by atoms with Crippen LogP contribution in [-0.4, -0.2) is 48.5 Å². The molecule has 4 aromatic carbocycles. The van der Waals surface area contributed by atoms with Crippen LogP contribution in [0.2, 0.25) is 0 Å². The molecule has 0 radical (unpaired) electrons. The van der Waals surface area contributed by atoms with E-state index < -0.39 is 27.7 Å². The van der Waals surface area contributed by atoms with Gasteiger partial charge in [-0.05, 0) is 64.6 Å². The van der Waals surface area contributed by atoms with E-state index in [4.69, 9.17) is 0 Å². The number of nitrogens with zero attached hydrogens (tertiary/aromatic N) is 2. The van der Waals surface area contributed by atoms with Crippen molar-refractivity contribution in [1.29, 1.82) is 0 Å². The summed E-state index contributed by atoms with van der Waals surface area (Å²) in [6, 6.07) is 30.5. The maximum atomic E-state index is 13.8. The van der Waals surface area contributed by atoms with Crippen LogP contribution in [0.4, 0.5) is 0 Å². The Bertz CT molecular complexity index is 2150. The van der Waals surface area contributed by atoms with E-state index in [0.29, 0.717) is 30.4 Å². The number of hydrogen-bond donors (Lipinski definition) is 1. The first kappa shape index (κ1) is 31.7. The monoisotopic (exact) mass is 643 g/mol. The van der Waals surface area contributed by atoms with E-state index in [2.05, 4.69) is 15.3 Å². The molecule has 0 spiro atoms. The fourth-order valence-corrected chi connectivity index (χ4v) is 7.27. The third kappa shape index (κ3) is 7.58. The van der Waals surface area contributed by atoms with Crippen LogP contribution in [0.5, 0.6) is 0 Å². The van der Waals surface area contributed by atoms with E-state index in [9.17, 15) is 22.8 Å². The van der Waals surface area contributed by atoms with E-state index in [1.165, 1.54) is 12.3 Å². The summed E-state index contributed by atoms with van der Waals surface area (Å²) < 4.78 is 25.7. The number of sulfone groups is 1. The molecule has 1 unspecified atom stereocenters. The Labute approximate surface area is 273 Å². The number of rotatable bonds is 8. The van der Waals surface area contributed by atoms with Crippen LogP contribution in [0, 0.1) is 0 Å². The smallest absolute Gasteiger partial charge is 0.278 e. The molecular formula is C38H33N3O5S. The summed E-state index contributed by atoms with van der Waals surface area (Å²) >= 11 is 0. The summed E-state index contributed by atoms with van der Waals surface area (Å²) in [5.74, 6) is -1.59. The Morgan fingerprint density at radius 2 is 1.60 bits per heavy atom. The minimum Gasteiger partial charge on any atom is -0.341 e. The average Bonchev–Trinajstić information content (AvgIpc) is 3.08. The predicted molar refractivity (Wildman–Crippen MR) is 183 cm³/mol. The minimum absolute atomic E-state index is 0.00398. The lowest BCUT2D eigenvalue weighted by Crippen LogP contribution is -2.45. The van der Waals surface area contributed by atoms with E-state index >= 15 is 0 Å². The predicted octanol–water partition coefficient (Wildman–Crippen LogP) is 6.24. The first-order chi connectivity index (χ1) is 22.8. The zero-order valence-electron chi connectivity index (χ0n) is 25.6. The number of hydrogen-bond acceptors (Lipinski definition) is 6. The van der Waals surface area contributed by atoms with Crippen molar-refractivity contribution >= 4 is 54.7 Å². The van der Waals surface area contributed by atoms with Crippen molar-refractivity contribution < 1.29 is 22.8 Å². The molecule has 0 saturated carbocycles. The van der Waals surface area contributed by atoms with Gasteiger partial charge in [0.25, 0.3) is 11.8 Å². The van der Waals surface area contributed by atoms with Gasteiger partial charge in [-0.3, -0.25) is 14.4 Å². The summed E-state index contributed by atoms with van der Waals surface area (Å²) in [5.41, 5.74) is 1.83. The maximum absolute atomic E-state index is 13.8. The molecule has 47 heavy (non-hydrogen) atoms. The van der Waals surface area contributed by atoms with Crippen LogP contribution in [0.25, 0.3) is 21.5 Å². The fraction of sp³-hybridized carbons (Fsp3) is 0.184. The number of carbonyl (C=O) groups is 3. The van der Waals surface area contributed by atoms with Crippen LogP contribution in [0.1, 0.15) is 41.6 Å². The molecule has 5 aromatic rings. The minimum atomic E-state index is -3.65. The molecule has 1 aliphatic rings. The highest BCUT2D eigenvalue weighted by Crippen LogP contribution is 2.22. The molecule has 2 amide bonds. The molecule has 0 bridgehead atoms. The van der Waals surface area contributed by atoms with Gasteiger partial charge in [0, 0.05) is 24.6 Å². The second kappa shape index (κ2) is 14.0. The molecule has 236 valence electrons. The SMILES string of the molecule is O=C(NC1CCC/C(CS(=O)(=O)c2ccccn2)=C\CC1=O)C(Cc1ccc2ccccc2c1)=NC(=O)c1cccc2ccccc12. The lowest BCUT2D eigenvalue weighted by atomic mass is 9.95. The number of Topliss-reactive ketones (excluding diaryl/α,β-unsaturated/α-hetero) is 1. The van der Waals surface area contributed by atoms with Gasteiger partial charge in [0.05, 0.1) is 11.8 Å². The number of carbonyl (C=O) groups excluding carboxylic acids is 3. The Kier molecular flexibility index (Phi) is 9.45. The highest BCUT2D eigenvalue weighted by molar-refractivity contribution is 7.91. The molecule has 1 aromatic heterocycles. The van der Waals surface area contributed by atoms with Gasteiger partial charge >= 0.3 is 0 Å². The van der Waals surface area contributed by atoms with Gasteiger partial charge in [-0.2, -0.15) is 0 Å². The number of pyridine rings is 1. The molecule has 0 aliphatic heterocycles. The molecule has 1 aliphatic carbocycles. The van der Waals surface area contributed by atoms with Crippen LogP contribution in [-0.2, 0) is 25.8 Å². The van der Waals surface area contributed by atoms with Crippen molar-refractivity contribution in [3.8, 4) is 0 Å². The number of amides is 2. The number of benzene rings is 4. The van der Waals surface area contributed by atoms with Crippen LogP contribution >= 0.6 is 0 Å². The van der Waals surface area contributed by atoms with E-state index in [-0.39, 0.29) is 35.1 Å². The van der Waals surface area contributed by atoms with Crippen molar-refractivity contribution in [1.82, 2.24) is 10.3 Å². The Hall–Kier alpha value is -5.28. The van der Waals surface area contributed by atoms with Gasteiger partial charge < -0.3 is 5.32 Å². The van der Waals surface area contributed by atoms with E-state index in [0.717, 1.165) is 27.1 Å². The summed E-state index contributed by atoms with van der Waals surface area (Å²) in [4.78, 5) is 49.0. The molecule has 0 saturated heterocycles. The summed E-state index contributed by atoms with van der Waals surface area (Å²) in [5, 5.41) is 6.50. The zero-order chi connectivity index (χ0) is 32.8. The van der Waals surface area contributed by atoms with Gasteiger partial charge in [0.1, 0.15) is 5.71 Å². The number of allylic oxidation sites excluding steroid dienone is 1. The maximum Gasteiger partial charge on any atom is 0.278 e. The molecule has 0 fully saturated rings. The molecule has 8 nitrogen and oxygen atoms in total. The van der Waals surface area contributed by atoms with Crippen LogP contribution < -0.4 is 5.32 Å². The van der Waals surface area contributed by atoms with E-state index in [1.54, 1.807) is 30.3 Å². The molecule has 1 heterocycles. The van der Waals surface area contributed by atoms with Crippen molar-refractivity contribution in [3.63, 3.8) is 0 Å². The standard InChI is InChI=1S/C38H33N3O5S/c42-35-21-19-26(25-47(45,46)36-17-5-6-22-39-36)9-7-16-33(35)40-38(44)34(24-27-18-20-28-10-1-2-12-30(28)23-27)41-37(43)32-15-8-13-29-11-3-4-14-31(29)32/h1-6,8,10-15,17-20,22-23,33H,7,9,16,21,24-25H2,(H,40,44)/b26-19+,41-34?. The number of fused-ring (bicyclic) bond motifs is 2. The second-order valence-corrected chi connectivity index (χ2v) is 13.6. The number of aliphatic imine (C=N–C) groups is 1. The first-order valence-corrected chi connectivity index (χ1v) is 17.1. The summed E-state index contributed by atoms with van der Waals surface area (Å²) in [6.07, 6.45) is 4.42. The van der Waals surface area contributed by atoms with Gasteiger partial charge in [-0.15, -0.1) is 0 Å². The zero-order valence-corrected chi connectivity index (χ0v) is 26.5. The summed E-state index contributed by atoms with van der Waals surface area (Å²) in [6.45, 7) is 0. The second-order valence-electron chi connectivity index (χ2n) is 11.6. The quantitative estimate of drug-likeness (QED) is 0.158. The van der Waals surface area contributed by atoms with Crippen molar-refractivity contribution in [3.05, 3.63) is 132 Å². The lowest BCUT2D eigenvalue weighted by Gasteiger charge is -2.21. The van der Waals surface area contributed by atoms with E-state index in [1.807, 2.05) is 72.8 Å². The van der Waals surface area contributed by atoms with Crippen LogP contribution in [0.15, 0.2) is 131 Å². The van der Waals surface area contributed by atoms with Crippen molar-refractivity contribution in [2.75, 3.05) is 5.75 Å². The van der Waals surface area contributed by atoms with Gasteiger partial charge in [0.15, 0.2) is 20.6 Å². The van der Waals surface area contributed by atoms with Crippen molar-refractivity contribution in [2.24, 2.45) is 4.99 Å². The Balaban J connectivity index is 1.23. The number of nitrogens with one attached hydrogen (secondary N) is 1. The average molecular weight is 644 g/mol. The van der Waals surface area contributed by atoms with Crippen molar-refractivity contribution in [2.45, 2.75) is 43.2 Å². The third-order valence-electron chi connectivity index (χ3n) is 8.31. The molecule has 1 atom stereocenters.